The van der Waals surface area contributed by atoms with Crippen LogP contribution in [0.3, 0.4) is 0 Å². The van der Waals surface area contributed by atoms with Gasteiger partial charge in [-0.2, -0.15) is 0 Å². The van der Waals surface area contributed by atoms with Crippen molar-refractivity contribution in [3.05, 3.63) is 52.1 Å². The molecule has 0 fully saturated rings. The molecule has 0 spiro atoms. The molecule has 1 aromatic heterocycles. The molecule has 1 unspecified atom stereocenters. The van der Waals surface area contributed by atoms with E-state index in [1.165, 1.54) is 0 Å². The number of aromatic nitrogens is 2. The van der Waals surface area contributed by atoms with Gasteiger partial charge in [0.05, 0.1) is 0 Å². The van der Waals surface area contributed by atoms with Crippen molar-refractivity contribution in [2.75, 3.05) is 0 Å². The zero-order valence-corrected chi connectivity index (χ0v) is 14.5. The minimum absolute atomic E-state index is 0.221. The number of benzene rings is 1. The van der Waals surface area contributed by atoms with Gasteiger partial charge in [0.15, 0.2) is 11.4 Å². The molecule has 0 aliphatic carbocycles. The van der Waals surface area contributed by atoms with E-state index in [4.69, 9.17) is 11.6 Å². The summed E-state index contributed by atoms with van der Waals surface area (Å²) >= 11 is 6.06. The highest BCUT2D eigenvalue weighted by molar-refractivity contribution is 6.31. The molecule has 2 rings (SSSR count). The van der Waals surface area contributed by atoms with Crippen molar-refractivity contribution in [3.63, 3.8) is 0 Å². The average molecular weight is 348 g/mol. The molecule has 1 heterocycles. The first-order valence-corrected chi connectivity index (χ1v) is 8.35. The van der Waals surface area contributed by atoms with Gasteiger partial charge in [0, 0.05) is 24.9 Å². The van der Waals surface area contributed by atoms with Crippen molar-refractivity contribution in [1.29, 1.82) is 0 Å². The van der Waals surface area contributed by atoms with Gasteiger partial charge in [-0.3, -0.25) is 4.79 Å². The largest absolute Gasteiger partial charge is 0.550 e. The van der Waals surface area contributed by atoms with Crippen LogP contribution in [0.2, 0.25) is 5.15 Å². The van der Waals surface area contributed by atoms with Crippen molar-refractivity contribution in [3.8, 4) is 0 Å². The lowest BCUT2D eigenvalue weighted by atomic mass is 10.00. The summed E-state index contributed by atoms with van der Waals surface area (Å²) in [5.41, 5.74) is 2.00. The molecule has 0 amide bonds. The number of rotatable bonds is 8. The molecular formula is C18H20ClN2O3-. The van der Waals surface area contributed by atoms with Crippen LogP contribution in [0.5, 0.6) is 0 Å². The number of aldehydes is 1. The molecule has 0 bridgehead atoms. The molecule has 0 N–H and O–H groups in total. The van der Waals surface area contributed by atoms with Crippen LogP contribution < -0.4 is 5.11 Å². The van der Waals surface area contributed by atoms with Crippen molar-refractivity contribution < 1.29 is 14.7 Å². The second-order valence-corrected chi connectivity index (χ2v) is 6.15. The van der Waals surface area contributed by atoms with Crippen LogP contribution in [0.1, 0.15) is 60.0 Å². The smallest absolute Gasteiger partial charge is 0.169 e. The number of imidazole rings is 1. The first kappa shape index (κ1) is 18.2. The fourth-order valence-electron chi connectivity index (χ4n) is 2.53. The number of carboxylic acids is 1. The summed E-state index contributed by atoms with van der Waals surface area (Å²) in [6.45, 7) is 4.15. The van der Waals surface area contributed by atoms with Crippen LogP contribution in [0.4, 0.5) is 0 Å². The van der Waals surface area contributed by atoms with E-state index in [1.807, 2.05) is 16.7 Å². The molecule has 6 heteroatoms. The molecule has 0 aliphatic rings. The average Bonchev–Trinajstić information content (AvgIpc) is 2.87. The zero-order chi connectivity index (χ0) is 17.7. The molecule has 0 aliphatic heterocycles. The standard InChI is InChI=1S/C18H21ClN2O3/c1-3-4-5-16-20-17(19)15(11-22)21(16)10-13-6-8-14(9-7-13)12(2)18(23)24/h6-9,11-12H,3-5,10H2,1-2H3,(H,23,24)/p-1. The van der Waals surface area contributed by atoms with Crippen LogP contribution in [-0.4, -0.2) is 21.8 Å². The number of carbonyl (C=O) groups is 2. The molecule has 2 aromatic rings. The third kappa shape index (κ3) is 4.03. The summed E-state index contributed by atoms with van der Waals surface area (Å²) < 4.78 is 1.82. The van der Waals surface area contributed by atoms with Gasteiger partial charge in [0.1, 0.15) is 11.5 Å². The maximum atomic E-state index is 11.3. The summed E-state index contributed by atoms with van der Waals surface area (Å²) in [5, 5.41) is 11.2. The Labute approximate surface area is 146 Å². The molecule has 128 valence electrons. The van der Waals surface area contributed by atoms with Gasteiger partial charge in [-0.05, 0) is 17.5 Å². The van der Waals surface area contributed by atoms with Gasteiger partial charge >= 0.3 is 0 Å². The number of carboxylic acid groups (broad SMARTS) is 1. The van der Waals surface area contributed by atoms with Crippen molar-refractivity contribution in [1.82, 2.24) is 9.55 Å². The monoisotopic (exact) mass is 347 g/mol. The van der Waals surface area contributed by atoms with Gasteiger partial charge in [-0.25, -0.2) is 4.98 Å². The normalized spacial score (nSPS) is 12.1. The maximum absolute atomic E-state index is 11.3. The van der Waals surface area contributed by atoms with Crippen LogP contribution in [-0.2, 0) is 17.8 Å². The summed E-state index contributed by atoms with van der Waals surface area (Å²) in [6, 6.07) is 7.23. The predicted octanol–water partition coefficient (Wildman–Crippen LogP) is 2.59. The van der Waals surface area contributed by atoms with Crippen LogP contribution >= 0.6 is 11.6 Å². The van der Waals surface area contributed by atoms with Crippen LogP contribution in [0, 0.1) is 0 Å². The number of aryl methyl sites for hydroxylation is 1. The molecule has 5 nitrogen and oxygen atoms in total. The maximum Gasteiger partial charge on any atom is 0.169 e. The molecule has 1 atom stereocenters. The quantitative estimate of drug-likeness (QED) is 0.688. The molecular weight excluding hydrogens is 328 g/mol. The Hall–Kier alpha value is -2.14. The Bertz CT molecular complexity index is 723. The number of unbranched alkanes of at least 4 members (excludes halogenated alkanes) is 1. The molecule has 0 radical (unpaired) electrons. The molecule has 24 heavy (non-hydrogen) atoms. The minimum Gasteiger partial charge on any atom is -0.550 e. The number of aliphatic carboxylic acids is 1. The van der Waals surface area contributed by atoms with Gasteiger partial charge in [0.25, 0.3) is 0 Å². The van der Waals surface area contributed by atoms with Gasteiger partial charge in [0.2, 0.25) is 0 Å². The number of nitrogens with zero attached hydrogens (tertiary/aromatic N) is 2. The van der Waals surface area contributed by atoms with E-state index in [0.717, 1.165) is 36.9 Å². The number of hydrogen-bond acceptors (Lipinski definition) is 4. The van der Waals surface area contributed by atoms with Crippen molar-refractivity contribution in [2.45, 2.75) is 45.6 Å². The first-order valence-electron chi connectivity index (χ1n) is 7.97. The summed E-state index contributed by atoms with van der Waals surface area (Å²) in [6.07, 6.45) is 3.46. The summed E-state index contributed by atoms with van der Waals surface area (Å²) in [5.74, 6) is -0.974. The lowest BCUT2D eigenvalue weighted by molar-refractivity contribution is -0.307. The van der Waals surface area contributed by atoms with Crippen LogP contribution in [0.15, 0.2) is 24.3 Å². The van der Waals surface area contributed by atoms with Gasteiger partial charge in [-0.15, -0.1) is 0 Å². The highest BCUT2D eigenvalue weighted by atomic mass is 35.5. The minimum atomic E-state index is -1.10. The third-order valence-corrected chi connectivity index (χ3v) is 4.36. The fraction of sp³-hybridized carbons (Fsp3) is 0.389. The topological polar surface area (TPSA) is 75.0 Å². The molecule has 0 saturated heterocycles. The highest BCUT2D eigenvalue weighted by Crippen LogP contribution is 2.21. The predicted molar refractivity (Wildman–Crippen MR) is 90.2 cm³/mol. The summed E-state index contributed by atoms with van der Waals surface area (Å²) in [7, 11) is 0. The SMILES string of the molecule is CCCCc1nc(Cl)c(C=O)n1Cc1ccc(C(C)C(=O)[O-])cc1. The van der Waals surface area contributed by atoms with E-state index in [9.17, 15) is 14.7 Å². The summed E-state index contributed by atoms with van der Waals surface area (Å²) in [4.78, 5) is 26.6. The van der Waals surface area contributed by atoms with Crippen molar-refractivity contribution in [2.24, 2.45) is 0 Å². The number of hydrogen-bond donors (Lipinski definition) is 0. The Balaban J connectivity index is 2.26. The fourth-order valence-corrected chi connectivity index (χ4v) is 2.77. The highest BCUT2D eigenvalue weighted by Gasteiger charge is 2.15. The zero-order valence-electron chi connectivity index (χ0n) is 13.8. The van der Waals surface area contributed by atoms with Gasteiger partial charge < -0.3 is 14.5 Å². The van der Waals surface area contributed by atoms with E-state index in [-0.39, 0.29) is 5.15 Å². The number of halogens is 1. The van der Waals surface area contributed by atoms with E-state index >= 15 is 0 Å². The van der Waals surface area contributed by atoms with E-state index in [0.29, 0.717) is 17.8 Å². The second kappa shape index (κ2) is 8.11. The lowest BCUT2D eigenvalue weighted by Crippen LogP contribution is -2.27. The Morgan fingerprint density at radius 2 is 2.04 bits per heavy atom. The Kier molecular flexibility index (Phi) is 6.15. The van der Waals surface area contributed by atoms with E-state index in [2.05, 4.69) is 11.9 Å². The second-order valence-electron chi connectivity index (χ2n) is 5.79. The van der Waals surface area contributed by atoms with E-state index < -0.39 is 11.9 Å². The number of carbonyl (C=O) groups excluding carboxylic acids is 2. The Morgan fingerprint density at radius 1 is 1.38 bits per heavy atom. The van der Waals surface area contributed by atoms with E-state index in [1.54, 1.807) is 19.1 Å². The van der Waals surface area contributed by atoms with Crippen molar-refractivity contribution >= 4 is 23.9 Å². The Morgan fingerprint density at radius 3 is 2.58 bits per heavy atom. The van der Waals surface area contributed by atoms with Gasteiger partial charge in [-0.1, -0.05) is 56.1 Å². The van der Waals surface area contributed by atoms with Crippen LogP contribution in [0.25, 0.3) is 0 Å². The third-order valence-electron chi connectivity index (χ3n) is 4.08. The lowest BCUT2D eigenvalue weighted by Gasteiger charge is -2.14. The first-order chi connectivity index (χ1) is 11.5. The molecule has 1 aromatic carbocycles. The molecule has 0 saturated carbocycles.